The van der Waals surface area contributed by atoms with Gasteiger partial charge in [0, 0.05) is 24.8 Å². The van der Waals surface area contributed by atoms with Crippen LogP contribution in [0.15, 0.2) is 42.5 Å². The SMILES string of the molecule is Cc1cccc(CN)c1N(C)C(C)c1ccccc1F. The van der Waals surface area contributed by atoms with Gasteiger partial charge < -0.3 is 10.6 Å². The summed E-state index contributed by atoms with van der Waals surface area (Å²) in [5, 5.41) is 0. The fraction of sp³-hybridized carbons (Fsp3) is 0.294. The lowest BCUT2D eigenvalue weighted by Crippen LogP contribution is -2.25. The van der Waals surface area contributed by atoms with Crippen LogP contribution in [0.25, 0.3) is 0 Å². The predicted octanol–water partition coefficient (Wildman–Crippen LogP) is 3.79. The van der Waals surface area contributed by atoms with E-state index in [1.54, 1.807) is 6.07 Å². The van der Waals surface area contributed by atoms with E-state index in [-0.39, 0.29) is 11.9 Å². The van der Waals surface area contributed by atoms with Crippen molar-refractivity contribution in [3.63, 3.8) is 0 Å². The number of anilines is 1. The first-order valence-corrected chi connectivity index (χ1v) is 6.82. The summed E-state index contributed by atoms with van der Waals surface area (Å²) < 4.78 is 13.9. The molecule has 0 aliphatic carbocycles. The van der Waals surface area contributed by atoms with Crippen molar-refractivity contribution in [1.29, 1.82) is 0 Å². The normalized spacial score (nSPS) is 12.2. The molecule has 1 unspecified atom stereocenters. The third kappa shape index (κ3) is 2.68. The van der Waals surface area contributed by atoms with Gasteiger partial charge in [-0.05, 0) is 31.0 Å². The van der Waals surface area contributed by atoms with Crippen molar-refractivity contribution in [3.8, 4) is 0 Å². The van der Waals surface area contributed by atoms with Gasteiger partial charge in [0.25, 0.3) is 0 Å². The Bertz CT molecular complexity index is 595. The van der Waals surface area contributed by atoms with Gasteiger partial charge in [0.05, 0.1) is 6.04 Å². The zero-order valence-corrected chi connectivity index (χ0v) is 12.2. The smallest absolute Gasteiger partial charge is 0.128 e. The third-order valence-electron chi connectivity index (χ3n) is 3.83. The van der Waals surface area contributed by atoms with Crippen LogP contribution < -0.4 is 10.6 Å². The Balaban J connectivity index is 2.41. The van der Waals surface area contributed by atoms with Gasteiger partial charge in [-0.1, -0.05) is 36.4 Å². The van der Waals surface area contributed by atoms with Gasteiger partial charge in [0.15, 0.2) is 0 Å². The van der Waals surface area contributed by atoms with Crippen LogP contribution >= 0.6 is 0 Å². The summed E-state index contributed by atoms with van der Waals surface area (Å²) in [7, 11) is 1.98. The van der Waals surface area contributed by atoms with E-state index in [0.717, 1.165) is 16.8 Å². The van der Waals surface area contributed by atoms with Gasteiger partial charge in [0.2, 0.25) is 0 Å². The van der Waals surface area contributed by atoms with Crippen LogP contribution in [0, 0.1) is 12.7 Å². The van der Waals surface area contributed by atoms with Crippen LogP contribution in [0.4, 0.5) is 10.1 Å². The van der Waals surface area contributed by atoms with Crippen LogP contribution in [-0.4, -0.2) is 7.05 Å². The topological polar surface area (TPSA) is 29.3 Å². The number of hydrogen-bond acceptors (Lipinski definition) is 2. The van der Waals surface area contributed by atoms with E-state index >= 15 is 0 Å². The highest BCUT2D eigenvalue weighted by Gasteiger charge is 2.18. The molecule has 0 aliphatic heterocycles. The first-order chi connectivity index (χ1) is 9.56. The molecule has 0 spiro atoms. The molecule has 2 aromatic rings. The van der Waals surface area contributed by atoms with E-state index in [4.69, 9.17) is 5.73 Å². The zero-order valence-electron chi connectivity index (χ0n) is 12.2. The maximum absolute atomic E-state index is 13.9. The number of hydrogen-bond donors (Lipinski definition) is 1. The van der Waals surface area contributed by atoms with E-state index in [2.05, 4.69) is 17.9 Å². The molecule has 20 heavy (non-hydrogen) atoms. The van der Waals surface area contributed by atoms with Gasteiger partial charge in [0.1, 0.15) is 5.82 Å². The summed E-state index contributed by atoms with van der Waals surface area (Å²) in [5.74, 6) is -0.172. The van der Waals surface area contributed by atoms with Crippen molar-refractivity contribution in [3.05, 3.63) is 65.0 Å². The number of aryl methyl sites for hydroxylation is 1. The molecule has 0 radical (unpaired) electrons. The highest BCUT2D eigenvalue weighted by molar-refractivity contribution is 5.60. The average molecular weight is 272 g/mol. The zero-order chi connectivity index (χ0) is 14.7. The molecule has 0 aromatic heterocycles. The second kappa shape index (κ2) is 6.06. The molecule has 0 heterocycles. The summed E-state index contributed by atoms with van der Waals surface area (Å²) in [4.78, 5) is 2.09. The minimum atomic E-state index is -0.172. The first-order valence-electron chi connectivity index (χ1n) is 6.82. The van der Waals surface area contributed by atoms with Crippen LogP contribution in [0.3, 0.4) is 0 Å². The number of halogens is 1. The van der Waals surface area contributed by atoms with Gasteiger partial charge >= 0.3 is 0 Å². The highest BCUT2D eigenvalue weighted by Crippen LogP contribution is 2.31. The fourth-order valence-corrected chi connectivity index (χ4v) is 2.61. The van der Waals surface area contributed by atoms with Crippen LogP contribution in [-0.2, 0) is 6.54 Å². The quantitative estimate of drug-likeness (QED) is 0.917. The molecule has 2 nitrogen and oxygen atoms in total. The summed E-state index contributed by atoms with van der Waals surface area (Å²) >= 11 is 0. The second-order valence-electron chi connectivity index (χ2n) is 5.10. The monoisotopic (exact) mass is 272 g/mol. The van der Waals surface area contributed by atoms with E-state index < -0.39 is 0 Å². The summed E-state index contributed by atoms with van der Waals surface area (Å²) in [6.07, 6.45) is 0. The molecule has 0 aliphatic rings. The standard InChI is InChI=1S/C17H21FN2/c1-12-7-6-8-14(11-19)17(12)20(3)13(2)15-9-4-5-10-16(15)18/h4-10,13H,11,19H2,1-3H3. The molecule has 0 saturated carbocycles. The number of para-hydroxylation sites is 1. The molecule has 3 heteroatoms. The fourth-order valence-electron chi connectivity index (χ4n) is 2.61. The largest absolute Gasteiger partial charge is 0.367 e. The molecule has 1 atom stereocenters. The minimum Gasteiger partial charge on any atom is -0.367 e. The molecular weight excluding hydrogens is 251 g/mol. The summed E-state index contributed by atoms with van der Waals surface area (Å²) in [5.41, 5.74) is 9.84. The van der Waals surface area contributed by atoms with Crippen molar-refractivity contribution < 1.29 is 4.39 Å². The molecule has 2 N–H and O–H groups in total. The Morgan fingerprint density at radius 1 is 1.15 bits per heavy atom. The minimum absolute atomic E-state index is 0.0531. The summed E-state index contributed by atoms with van der Waals surface area (Å²) in [6.45, 7) is 4.54. The maximum Gasteiger partial charge on any atom is 0.128 e. The van der Waals surface area contributed by atoms with Crippen molar-refractivity contribution in [1.82, 2.24) is 0 Å². The van der Waals surface area contributed by atoms with Crippen LogP contribution in [0.2, 0.25) is 0 Å². The number of nitrogens with two attached hydrogens (primary N) is 1. The number of benzene rings is 2. The molecule has 2 aromatic carbocycles. The Kier molecular flexibility index (Phi) is 4.40. The van der Waals surface area contributed by atoms with Gasteiger partial charge in [-0.2, -0.15) is 0 Å². The highest BCUT2D eigenvalue weighted by atomic mass is 19.1. The van der Waals surface area contributed by atoms with Crippen molar-refractivity contribution >= 4 is 5.69 Å². The summed E-state index contributed by atoms with van der Waals surface area (Å²) in [6, 6.07) is 12.9. The maximum atomic E-state index is 13.9. The molecule has 106 valence electrons. The van der Waals surface area contributed by atoms with Crippen molar-refractivity contribution in [2.75, 3.05) is 11.9 Å². The second-order valence-corrected chi connectivity index (χ2v) is 5.10. The third-order valence-corrected chi connectivity index (χ3v) is 3.83. The first kappa shape index (κ1) is 14.5. The Morgan fingerprint density at radius 2 is 1.85 bits per heavy atom. The van der Waals surface area contributed by atoms with Gasteiger partial charge in [-0.3, -0.25) is 0 Å². The van der Waals surface area contributed by atoms with Crippen molar-refractivity contribution in [2.45, 2.75) is 26.4 Å². The molecule has 2 rings (SSSR count). The van der Waals surface area contributed by atoms with E-state index in [0.29, 0.717) is 12.1 Å². The number of nitrogens with zero attached hydrogens (tertiary/aromatic N) is 1. The van der Waals surface area contributed by atoms with Crippen LogP contribution in [0.1, 0.15) is 29.7 Å². The lowest BCUT2D eigenvalue weighted by atomic mass is 10.0. The lowest BCUT2D eigenvalue weighted by Gasteiger charge is -2.31. The molecule has 0 amide bonds. The molecule has 0 saturated heterocycles. The van der Waals surface area contributed by atoms with Gasteiger partial charge in [-0.15, -0.1) is 0 Å². The predicted molar refractivity (Wildman–Crippen MR) is 82.3 cm³/mol. The Labute approximate surface area is 120 Å². The molecule has 0 bridgehead atoms. The van der Waals surface area contributed by atoms with Gasteiger partial charge in [-0.25, -0.2) is 4.39 Å². The lowest BCUT2D eigenvalue weighted by molar-refractivity contribution is 0.584. The number of rotatable bonds is 4. The van der Waals surface area contributed by atoms with E-state index in [9.17, 15) is 4.39 Å². The van der Waals surface area contributed by atoms with Crippen LogP contribution in [0.5, 0.6) is 0 Å². The van der Waals surface area contributed by atoms with E-state index in [1.165, 1.54) is 6.07 Å². The molecule has 0 fully saturated rings. The van der Waals surface area contributed by atoms with Crippen molar-refractivity contribution in [2.24, 2.45) is 5.73 Å². The molecular formula is C17H21FN2. The Morgan fingerprint density at radius 3 is 2.50 bits per heavy atom. The average Bonchev–Trinajstić information content (AvgIpc) is 2.46. The Hall–Kier alpha value is -1.87. The van der Waals surface area contributed by atoms with E-state index in [1.807, 2.05) is 38.2 Å².